The van der Waals surface area contributed by atoms with Crippen molar-refractivity contribution in [2.75, 3.05) is 46.2 Å². The summed E-state index contributed by atoms with van der Waals surface area (Å²) >= 11 is 0. The van der Waals surface area contributed by atoms with Gasteiger partial charge < -0.3 is 19.5 Å². The summed E-state index contributed by atoms with van der Waals surface area (Å²) in [6.45, 7) is 2.90. The molecule has 1 N–H and O–H groups in total. The molecule has 0 fully saturated rings. The first-order valence-corrected chi connectivity index (χ1v) is 10.7. The van der Waals surface area contributed by atoms with Gasteiger partial charge in [-0.05, 0) is 42.8 Å². The van der Waals surface area contributed by atoms with Crippen LogP contribution in [0.2, 0.25) is 0 Å². The zero-order valence-electron chi connectivity index (χ0n) is 18.8. The molecule has 1 aromatic heterocycles. The summed E-state index contributed by atoms with van der Waals surface area (Å²) in [6, 6.07) is 14.6. The van der Waals surface area contributed by atoms with Gasteiger partial charge in [-0.25, -0.2) is 4.98 Å². The molecule has 0 radical (unpaired) electrons. The van der Waals surface area contributed by atoms with Crippen LogP contribution in [0.1, 0.15) is 21.5 Å². The second-order valence-corrected chi connectivity index (χ2v) is 8.34. The third kappa shape index (κ3) is 4.43. The van der Waals surface area contributed by atoms with Crippen molar-refractivity contribution in [3.63, 3.8) is 0 Å². The first-order chi connectivity index (χ1) is 15.0. The number of carbonyl (C=O) groups excluding carboxylic acids is 1. The number of methoxy groups -OCH3 is 1. The Morgan fingerprint density at radius 2 is 2.00 bits per heavy atom. The molecule has 1 unspecified atom stereocenters. The highest BCUT2D eigenvalue weighted by atomic mass is 16.5. The number of anilines is 1. The molecule has 7 nitrogen and oxygen atoms in total. The number of amides is 1. The van der Waals surface area contributed by atoms with Gasteiger partial charge in [0.2, 0.25) is 5.95 Å². The minimum atomic E-state index is 0.0219. The Kier molecular flexibility index (Phi) is 6.25. The van der Waals surface area contributed by atoms with E-state index in [9.17, 15) is 4.79 Å². The fourth-order valence-electron chi connectivity index (χ4n) is 4.30. The molecule has 3 aromatic rings. The molecule has 0 bridgehead atoms. The number of aromatic nitrogens is 2. The predicted molar refractivity (Wildman–Crippen MR) is 123 cm³/mol. The van der Waals surface area contributed by atoms with Crippen LogP contribution in [-0.2, 0) is 24.8 Å². The zero-order chi connectivity index (χ0) is 22.0. The first kappa shape index (κ1) is 21.3. The Balaban J connectivity index is 1.47. The van der Waals surface area contributed by atoms with E-state index >= 15 is 0 Å². The van der Waals surface area contributed by atoms with Gasteiger partial charge in [0, 0.05) is 52.4 Å². The average molecular weight is 422 g/mol. The van der Waals surface area contributed by atoms with Crippen LogP contribution < -0.4 is 5.32 Å². The van der Waals surface area contributed by atoms with E-state index in [1.54, 1.807) is 7.11 Å². The van der Waals surface area contributed by atoms with E-state index in [4.69, 9.17) is 4.74 Å². The van der Waals surface area contributed by atoms with Crippen molar-refractivity contribution in [3.05, 3.63) is 59.2 Å². The maximum Gasteiger partial charge on any atom is 0.253 e. The first-order valence-electron chi connectivity index (χ1n) is 10.7. The Morgan fingerprint density at radius 3 is 2.77 bits per heavy atom. The number of benzene rings is 2. The van der Waals surface area contributed by atoms with E-state index in [-0.39, 0.29) is 5.91 Å². The number of nitrogens with one attached hydrogen (secondary N) is 1. The van der Waals surface area contributed by atoms with Crippen LogP contribution in [-0.4, -0.2) is 72.2 Å². The number of carbonyl (C=O) groups is 1. The standard InChI is InChI=1S/C24H31N5O2/c1-27-15-19-8-6-5-7-17(19)13-20(27)16-28(2)23(30)18-9-10-22-21(14-18)26-24(29(22)3)25-11-12-31-4/h5-10,14,20H,11-13,15-16H2,1-4H3,(H,25,26). The van der Waals surface area contributed by atoms with Gasteiger partial charge in [0.1, 0.15) is 0 Å². The molecule has 0 spiro atoms. The molecule has 31 heavy (non-hydrogen) atoms. The molecule has 7 heteroatoms. The van der Waals surface area contributed by atoms with Crippen LogP contribution in [0.4, 0.5) is 5.95 Å². The lowest BCUT2D eigenvalue weighted by molar-refractivity contribution is 0.0733. The van der Waals surface area contributed by atoms with Crippen molar-refractivity contribution in [3.8, 4) is 0 Å². The van der Waals surface area contributed by atoms with Crippen LogP contribution in [0.3, 0.4) is 0 Å². The molecule has 2 aromatic carbocycles. The summed E-state index contributed by atoms with van der Waals surface area (Å²) in [4.78, 5) is 22.0. The number of hydrogen-bond acceptors (Lipinski definition) is 5. The highest BCUT2D eigenvalue weighted by molar-refractivity contribution is 5.97. The summed E-state index contributed by atoms with van der Waals surface area (Å²) in [5, 5.41) is 3.27. The van der Waals surface area contributed by atoms with Gasteiger partial charge in [-0.1, -0.05) is 24.3 Å². The van der Waals surface area contributed by atoms with E-state index in [0.29, 0.717) is 31.3 Å². The van der Waals surface area contributed by atoms with Crippen LogP contribution in [0.5, 0.6) is 0 Å². The zero-order valence-corrected chi connectivity index (χ0v) is 18.8. The summed E-state index contributed by atoms with van der Waals surface area (Å²) in [6.07, 6.45) is 0.958. The van der Waals surface area contributed by atoms with Crippen LogP contribution in [0.15, 0.2) is 42.5 Å². The van der Waals surface area contributed by atoms with Crippen molar-refractivity contribution in [2.45, 2.75) is 19.0 Å². The van der Waals surface area contributed by atoms with E-state index in [0.717, 1.165) is 29.9 Å². The Hall–Kier alpha value is -2.90. The van der Waals surface area contributed by atoms with E-state index in [2.05, 4.69) is 46.5 Å². The number of fused-ring (bicyclic) bond motifs is 2. The van der Waals surface area contributed by atoms with E-state index in [1.807, 2.05) is 41.8 Å². The predicted octanol–water partition coefficient (Wildman–Crippen LogP) is 2.76. The van der Waals surface area contributed by atoms with E-state index in [1.165, 1.54) is 11.1 Å². The largest absolute Gasteiger partial charge is 0.383 e. The smallest absolute Gasteiger partial charge is 0.253 e. The van der Waals surface area contributed by atoms with Gasteiger partial charge in [0.25, 0.3) is 5.91 Å². The van der Waals surface area contributed by atoms with Crippen molar-refractivity contribution in [1.82, 2.24) is 19.4 Å². The van der Waals surface area contributed by atoms with Crippen LogP contribution >= 0.6 is 0 Å². The van der Waals surface area contributed by atoms with Crippen molar-refractivity contribution >= 4 is 22.9 Å². The molecule has 1 amide bonds. The molecule has 0 saturated heterocycles. The van der Waals surface area contributed by atoms with Gasteiger partial charge >= 0.3 is 0 Å². The minimum Gasteiger partial charge on any atom is -0.383 e. The van der Waals surface area contributed by atoms with Crippen molar-refractivity contribution in [2.24, 2.45) is 7.05 Å². The molecule has 164 valence electrons. The number of rotatable bonds is 7. The number of ether oxygens (including phenoxy) is 1. The molecule has 4 rings (SSSR count). The summed E-state index contributed by atoms with van der Waals surface area (Å²) in [5.74, 6) is 0.793. The van der Waals surface area contributed by atoms with Gasteiger partial charge in [-0.15, -0.1) is 0 Å². The number of nitrogens with zero attached hydrogens (tertiary/aromatic N) is 4. The molecule has 1 aliphatic rings. The highest BCUT2D eigenvalue weighted by Crippen LogP contribution is 2.24. The van der Waals surface area contributed by atoms with Crippen molar-refractivity contribution in [1.29, 1.82) is 0 Å². The Morgan fingerprint density at radius 1 is 1.23 bits per heavy atom. The van der Waals surface area contributed by atoms with Crippen LogP contribution in [0, 0.1) is 0 Å². The SMILES string of the molecule is COCCNc1nc2cc(C(=O)N(C)CC3Cc4ccccc4CN3C)ccc2n1C. The van der Waals surface area contributed by atoms with Gasteiger partial charge in [-0.2, -0.15) is 0 Å². The van der Waals surface area contributed by atoms with Gasteiger partial charge in [0.15, 0.2) is 0 Å². The molecule has 1 atom stereocenters. The number of aryl methyl sites for hydroxylation is 1. The average Bonchev–Trinajstić information content (AvgIpc) is 3.08. The quantitative estimate of drug-likeness (QED) is 0.595. The Labute approximate surface area is 183 Å². The van der Waals surface area contributed by atoms with E-state index < -0.39 is 0 Å². The number of hydrogen-bond donors (Lipinski definition) is 1. The maximum atomic E-state index is 13.2. The Bertz CT molecular complexity index is 1080. The molecule has 0 aliphatic carbocycles. The molecular weight excluding hydrogens is 390 g/mol. The maximum absolute atomic E-state index is 13.2. The lowest BCUT2D eigenvalue weighted by Crippen LogP contribution is -2.46. The summed E-state index contributed by atoms with van der Waals surface area (Å²) in [5.41, 5.74) is 5.23. The minimum absolute atomic E-state index is 0.0219. The highest BCUT2D eigenvalue weighted by Gasteiger charge is 2.26. The molecule has 1 aliphatic heterocycles. The van der Waals surface area contributed by atoms with Crippen molar-refractivity contribution < 1.29 is 9.53 Å². The normalized spacial score (nSPS) is 16.3. The number of imidazole rings is 1. The number of likely N-dealkylation sites (N-methyl/N-ethyl adjacent to an activating group) is 2. The fraction of sp³-hybridized carbons (Fsp3) is 0.417. The molecule has 0 saturated carbocycles. The second-order valence-electron chi connectivity index (χ2n) is 8.34. The monoisotopic (exact) mass is 421 g/mol. The third-order valence-electron chi connectivity index (χ3n) is 6.17. The lowest BCUT2D eigenvalue weighted by Gasteiger charge is -2.36. The summed E-state index contributed by atoms with van der Waals surface area (Å²) < 4.78 is 7.09. The third-order valence-corrected chi connectivity index (χ3v) is 6.17. The second kappa shape index (κ2) is 9.08. The molecule has 2 heterocycles. The topological polar surface area (TPSA) is 62.6 Å². The lowest BCUT2D eigenvalue weighted by atomic mass is 9.94. The van der Waals surface area contributed by atoms with Crippen LogP contribution in [0.25, 0.3) is 11.0 Å². The van der Waals surface area contributed by atoms with Gasteiger partial charge in [-0.3, -0.25) is 9.69 Å². The van der Waals surface area contributed by atoms with Gasteiger partial charge in [0.05, 0.1) is 17.6 Å². The fourth-order valence-corrected chi connectivity index (χ4v) is 4.30. The summed E-state index contributed by atoms with van der Waals surface area (Å²) in [7, 11) is 7.66. The molecular formula is C24H31N5O2.